The van der Waals surface area contributed by atoms with Crippen LogP contribution in [0.4, 0.5) is 0 Å². The highest BCUT2D eigenvalue weighted by Crippen LogP contribution is 2.13. The first-order valence-corrected chi connectivity index (χ1v) is 4.26. The average molecular weight is 194 g/mol. The van der Waals surface area contributed by atoms with Gasteiger partial charge in [-0.15, -0.1) is 12.6 Å². The van der Waals surface area contributed by atoms with Crippen molar-refractivity contribution >= 4 is 18.6 Å². The van der Waals surface area contributed by atoms with Gasteiger partial charge in [0, 0.05) is 4.90 Å². The molecule has 0 saturated heterocycles. The fourth-order valence-corrected chi connectivity index (χ4v) is 1.11. The van der Waals surface area contributed by atoms with E-state index in [1.165, 1.54) is 6.08 Å². The maximum atomic E-state index is 11.3. The van der Waals surface area contributed by atoms with Crippen LogP contribution in [0.15, 0.2) is 41.8 Å². The SMILES string of the molecule is C=CCOC(=O)c1ccccc1S. The molecule has 0 aliphatic carbocycles. The third kappa shape index (κ3) is 2.63. The maximum absolute atomic E-state index is 11.3. The average Bonchev–Trinajstić information content (AvgIpc) is 2.15. The van der Waals surface area contributed by atoms with E-state index in [1.807, 2.05) is 6.07 Å². The van der Waals surface area contributed by atoms with Crippen LogP contribution in [0.25, 0.3) is 0 Å². The first-order valence-electron chi connectivity index (χ1n) is 3.81. The minimum absolute atomic E-state index is 0.223. The Morgan fingerprint density at radius 1 is 1.54 bits per heavy atom. The zero-order valence-corrected chi connectivity index (χ0v) is 7.96. The van der Waals surface area contributed by atoms with Crippen LogP contribution < -0.4 is 0 Å². The van der Waals surface area contributed by atoms with Crippen LogP contribution >= 0.6 is 12.6 Å². The van der Waals surface area contributed by atoms with Crippen molar-refractivity contribution in [1.29, 1.82) is 0 Å². The van der Waals surface area contributed by atoms with Gasteiger partial charge in [0.15, 0.2) is 0 Å². The van der Waals surface area contributed by atoms with Crippen LogP contribution in [-0.4, -0.2) is 12.6 Å². The Bertz CT molecular complexity index is 320. The fourth-order valence-electron chi connectivity index (χ4n) is 0.859. The third-order valence-corrected chi connectivity index (χ3v) is 1.85. The normalized spacial score (nSPS) is 9.31. The van der Waals surface area contributed by atoms with Crippen LogP contribution in [0.1, 0.15) is 10.4 Å². The quantitative estimate of drug-likeness (QED) is 0.454. The number of ether oxygens (including phenoxy) is 1. The number of benzene rings is 1. The first-order chi connectivity index (χ1) is 6.25. The van der Waals surface area contributed by atoms with Crippen molar-refractivity contribution in [2.45, 2.75) is 4.90 Å². The summed E-state index contributed by atoms with van der Waals surface area (Å²) in [4.78, 5) is 11.9. The van der Waals surface area contributed by atoms with Gasteiger partial charge in [0.25, 0.3) is 0 Å². The van der Waals surface area contributed by atoms with Crippen LogP contribution in [0.5, 0.6) is 0 Å². The molecular weight excluding hydrogens is 184 g/mol. The second-order valence-corrected chi connectivity index (χ2v) is 2.89. The van der Waals surface area contributed by atoms with Crippen molar-refractivity contribution in [2.75, 3.05) is 6.61 Å². The molecule has 0 saturated carbocycles. The molecule has 13 heavy (non-hydrogen) atoms. The highest BCUT2D eigenvalue weighted by atomic mass is 32.1. The van der Waals surface area contributed by atoms with Crippen molar-refractivity contribution in [3.63, 3.8) is 0 Å². The highest BCUT2D eigenvalue weighted by Gasteiger charge is 2.08. The molecule has 0 bridgehead atoms. The van der Waals surface area contributed by atoms with Crippen molar-refractivity contribution in [2.24, 2.45) is 0 Å². The number of hydrogen-bond acceptors (Lipinski definition) is 3. The van der Waals surface area contributed by atoms with Gasteiger partial charge in [0.05, 0.1) is 5.56 Å². The molecule has 1 aromatic carbocycles. The lowest BCUT2D eigenvalue weighted by Crippen LogP contribution is -2.05. The number of esters is 1. The van der Waals surface area contributed by atoms with Gasteiger partial charge in [-0.1, -0.05) is 24.8 Å². The van der Waals surface area contributed by atoms with Crippen LogP contribution in [0.3, 0.4) is 0 Å². The molecule has 0 fully saturated rings. The monoisotopic (exact) mass is 194 g/mol. The number of rotatable bonds is 3. The number of carbonyl (C=O) groups excluding carboxylic acids is 1. The van der Waals surface area contributed by atoms with E-state index in [1.54, 1.807) is 18.2 Å². The molecule has 0 unspecified atom stereocenters. The Labute approximate surface area is 82.6 Å². The van der Waals surface area contributed by atoms with E-state index in [0.717, 1.165) is 0 Å². The molecule has 2 nitrogen and oxygen atoms in total. The Morgan fingerprint density at radius 2 is 2.23 bits per heavy atom. The molecule has 68 valence electrons. The predicted octanol–water partition coefficient (Wildman–Crippen LogP) is 2.32. The van der Waals surface area contributed by atoms with E-state index in [4.69, 9.17) is 4.74 Å². The molecular formula is C10H10O2S. The van der Waals surface area contributed by atoms with Gasteiger partial charge in [0.2, 0.25) is 0 Å². The molecule has 0 spiro atoms. The topological polar surface area (TPSA) is 26.3 Å². The minimum atomic E-state index is -0.370. The Hall–Kier alpha value is -1.22. The molecule has 0 aromatic heterocycles. The maximum Gasteiger partial charge on any atom is 0.339 e. The summed E-state index contributed by atoms with van der Waals surface area (Å²) in [6.07, 6.45) is 1.53. The minimum Gasteiger partial charge on any atom is -0.458 e. The van der Waals surface area contributed by atoms with Crippen LogP contribution in [-0.2, 0) is 4.74 Å². The van der Waals surface area contributed by atoms with Crippen LogP contribution in [0.2, 0.25) is 0 Å². The fraction of sp³-hybridized carbons (Fsp3) is 0.100. The Balaban J connectivity index is 2.76. The van der Waals surface area contributed by atoms with E-state index < -0.39 is 0 Å². The van der Waals surface area contributed by atoms with E-state index in [9.17, 15) is 4.79 Å². The van der Waals surface area contributed by atoms with Gasteiger partial charge in [-0.25, -0.2) is 4.79 Å². The standard InChI is InChI=1S/C10H10O2S/c1-2-7-12-10(11)8-5-3-4-6-9(8)13/h2-6,13H,1,7H2. The summed E-state index contributed by atoms with van der Waals surface area (Å²) in [7, 11) is 0. The molecule has 0 aliphatic rings. The largest absolute Gasteiger partial charge is 0.458 e. The number of carbonyl (C=O) groups is 1. The Morgan fingerprint density at radius 3 is 2.85 bits per heavy atom. The molecule has 0 N–H and O–H groups in total. The zero-order valence-electron chi connectivity index (χ0n) is 7.06. The summed E-state index contributed by atoms with van der Waals surface area (Å²) in [5.41, 5.74) is 0.479. The van der Waals surface area contributed by atoms with Crippen molar-refractivity contribution in [3.05, 3.63) is 42.5 Å². The van der Waals surface area contributed by atoms with Crippen molar-refractivity contribution in [3.8, 4) is 0 Å². The van der Waals surface area contributed by atoms with Gasteiger partial charge in [-0.05, 0) is 12.1 Å². The smallest absolute Gasteiger partial charge is 0.339 e. The summed E-state index contributed by atoms with van der Waals surface area (Å²) in [5.74, 6) is -0.370. The summed E-state index contributed by atoms with van der Waals surface area (Å²) in [5, 5.41) is 0. The molecule has 0 amide bonds. The van der Waals surface area contributed by atoms with Crippen molar-refractivity contribution < 1.29 is 9.53 Å². The molecule has 1 rings (SSSR count). The molecule has 3 heteroatoms. The first kappa shape index (κ1) is 9.86. The summed E-state index contributed by atoms with van der Waals surface area (Å²) >= 11 is 4.13. The van der Waals surface area contributed by atoms with Crippen molar-refractivity contribution in [1.82, 2.24) is 0 Å². The van der Waals surface area contributed by atoms with Gasteiger partial charge in [0.1, 0.15) is 6.61 Å². The molecule has 1 aromatic rings. The highest BCUT2D eigenvalue weighted by molar-refractivity contribution is 7.80. The predicted molar refractivity (Wildman–Crippen MR) is 54.2 cm³/mol. The second kappa shape index (κ2) is 4.72. The summed E-state index contributed by atoms with van der Waals surface area (Å²) < 4.78 is 4.85. The number of hydrogen-bond donors (Lipinski definition) is 1. The van der Waals surface area contributed by atoms with E-state index in [0.29, 0.717) is 10.5 Å². The number of thiol groups is 1. The molecule has 0 radical (unpaired) electrons. The lowest BCUT2D eigenvalue weighted by atomic mass is 10.2. The lowest BCUT2D eigenvalue weighted by Gasteiger charge is -2.03. The molecule has 0 aliphatic heterocycles. The zero-order chi connectivity index (χ0) is 9.68. The van der Waals surface area contributed by atoms with E-state index in [-0.39, 0.29) is 12.6 Å². The van der Waals surface area contributed by atoms with Gasteiger partial charge in [-0.3, -0.25) is 0 Å². The van der Waals surface area contributed by atoms with Gasteiger partial charge >= 0.3 is 5.97 Å². The third-order valence-electron chi connectivity index (χ3n) is 1.46. The van der Waals surface area contributed by atoms with Crippen LogP contribution in [0, 0.1) is 0 Å². The van der Waals surface area contributed by atoms with Gasteiger partial charge < -0.3 is 4.74 Å². The van der Waals surface area contributed by atoms with Gasteiger partial charge in [-0.2, -0.15) is 0 Å². The summed E-state index contributed by atoms with van der Waals surface area (Å²) in [6.45, 7) is 3.68. The van der Waals surface area contributed by atoms with E-state index in [2.05, 4.69) is 19.2 Å². The summed E-state index contributed by atoms with van der Waals surface area (Å²) in [6, 6.07) is 7.00. The molecule has 0 heterocycles. The lowest BCUT2D eigenvalue weighted by molar-refractivity contribution is 0.0546. The van der Waals surface area contributed by atoms with E-state index >= 15 is 0 Å². The second-order valence-electron chi connectivity index (χ2n) is 2.40. The Kier molecular flexibility index (Phi) is 3.58. The molecule has 0 atom stereocenters.